The molecule has 2 nitrogen and oxygen atoms in total. The number of rotatable bonds is 6. The molecule has 1 N–H and O–H groups in total. The Hall–Kier alpha value is 0.01000. The molecule has 15 heavy (non-hydrogen) atoms. The molecule has 1 fully saturated rings. The summed E-state index contributed by atoms with van der Waals surface area (Å²) < 4.78 is 0. The summed E-state index contributed by atoms with van der Waals surface area (Å²) in [4.78, 5) is 2.58. The Morgan fingerprint density at radius 2 is 2.40 bits per heavy atom. The molecule has 0 aromatic rings. The van der Waals surface area contributed by atoms with Gasteiger partial charge in [0.1, 0.15) is 0 Å². The van der Waals surface area contributed by atoms with Gasteiger partial charge in [-0.15, -0.1) is 6.58 Å². The molecule has 1 heterocycles. The Labute approximate surface area is 98.5 Å². The lowest BCUT2D eigenvalue weighted by Crippen LogP contribution is -2.58. The van der Waals surface area contributed by atoms with Gasteiger partial charge in [-0.25, -0.2) is 0 Å². The second-order valence-electron chi connectivity index (χ2n) is 4.48. The highest BCUT2D eigenvalue weighted by atomic mass is 32.2. The van der Waals surface area contributed by atoms with E-state index >= 15 is 0 Å². The second kappa shape index (κ2) is 6.56. The molecule has 0 spiro atoms. The van der Waals surface area contributed by atoms with Crippen LogP contribution in [0, 0.1) is 0 Å². The van der Waals surface area contributed by atoms with Crippen LogP contribution in [0.3, 0.4) is 0 Å². The Kier molecular flexibility index (Phi) is 5.72. The molecule has 0 aromatic carbocycles. The molecule has 0 bridgehead atoms. The molecule has 1 saturated heterocycles. The standard InChI is InChI=1S/C12H24N2S/c1-4-9-15-10-8-14-7-6-13-12(3,5-2)11-14/h4,13H,1,5-11H2,2-3H3. The Morgan fingerprint density at radius 1 is 1.60 bits per heavy atom. The number of hydrogen-bond acceptors (Lipinski definition) is 3. The van der Waals surface area contributed by atoms with Gasteiger partial charge in [0.05, 0.1) is 0 Å². The number of hydrogen-bond donors (Lipinski definition) is 1. The Morgan fingerprint density at radius 3 is 3.07 bits per heavy atom. The molecule has 1 aliphatic heterocycles. The van der Waals surface area contributed by atoms with Crippen LogP contribution in [-0.2, 0) is 0 Å². The van der Waals surface area contributed by atoms with Crippen LogP contribution in [0.1, 0.15) is 20.3 Å². The first-order chi connectivity index (χ1) is 7.20. The fraction of sp³-hybridized carbons (Fsp3) is 0.833. The third-order valence-electron chi connectivity index (χ3n) is 3.12. The van der Waals surface area contributed by atoms with E-state index in [1.165, 1.54) is 31.8 Å². The van der Waals surface area contributed by atoms with Crippen LogP contribution in [0.2, 0.25) is 0 Å². The van der Waals surface area contributed by atoms with Crippen molar-refractivity contribution in [1.29, 1.82) is 0 Å². The highest BCUT2D eigenvalue weighted by Gasteiger charge is 2.27. The van der Waals surface area contributed by atoms with Gasteiger partial charge in [0.2, 0.25) is 0 Å². The number of piperazine rings is 1. The minimum atomic E-state index is 0.335. The molecule has 1 aliphatic rings. The van der Waals surface area contributed by atoms with Gasteiger partial charge in [0.25, 0.3) is 0 Å². The highest BCUT2D eigenvalue weighted by molar-refractivity contribution is 7.99. The lowest BCUT2D eigenvalue weighted by Gasteiger charge is -2.41. The monoisotopic (exact) mass is 228 g/mol. The largest absolute Gasteiger partial charge is 0.309 e. The van der Waals surface area contributed by atoms with Gasteiger partial charge in [0, 0.05) is 43.2 Å². The van der Waals surface area contributed by atoms with Crippen molar-refractivity contribution in [1.82, 2.24) is 10.2 Å². The van der Waals surface area contributed by atoms with E-state index in [4.69, 9.17) is 0 Å². The molecule has 0 saturated carbocycles. The smallest absolute Gasteiger partial charge is 0.0278 e. The second-order valence-corrected chi connectivity index (χ2v) is 5.63. The van der Waals surface area contributed by atoms with E-state index < -0.39 is 0 Å². The zero-order chi connectivity index (χ0) is 11.1. The van der Waals surface area contributed by atoms with Crippen molar-refractivity contribution in [2.45, 2.75) is 25.8 Å². The predicted octanol–water partition coefficient (Wildman–Crippen LogP) is 1.98. The van der Waals surface area contributed by atoms with Gasteiger partial charge in [0.15, 0.2) is 0 Å². The predicted molar refractivity (Wildman–Crippen MR) is 70.7 cm³/mol. The quantitative estimate of drug-likeness (QED) is 0.553. The fourth-order valence-corrected chi connectivity index (χ4v) is 2.65. The van der Waals surface area contributed by atoms with E-state index in [0.29, 0.717) is 5.54 Å². The zero-order valence-corrected chi connectivity index (χ0v) is 10.9. The Balaban J connectivity index is 2.21. The van der Waals surface area contributed by atoms with Crippen LogP contribution in [0.5, 0.6) is 0 Å². The molecule has 1 rings (SSSR count). The molecular weight excluding hydrogens is 204 g/mol. The summed E-state index contributed by atoms with van der Waals surface area (Å²) >= 11 is 1.97. The van der Waals surface area contributed by atoms with Crippen LogP contribution in [-0.4, -0.2) is 48.1 Å². The molecule has 0 radical (unpaired) electrons. The normalized spacial score (nSPS) is 27.9. The summed E-state index contributed by atoms with van der Waals surface area (Å²) in [6.07, 6.45) is 3.20. The van der Waals surface area contributed by atoms with Crippen molar-refractivity contribution >= 4 is 11.8 Å². The van der Waals surface area contributed by atoms with Crippen LogP contribution in [0.25, 0.3) is 0 Å². The van der Waals surface area contributed by atoms with Crippen LogP contribution >= 0.6 is 11.8 Å². The molecule has 0 aromatic heterocycles. The van der Waals surface area contributed by atoms with Gasteiger partial charge in [-0.05, 0) is 13.3 Å². The van der Waals surface area contributed by atoms with E-state index in [2.05, 4.69) is 30.6 Å². The summed E-state index contributed by atoms with van der Waals surface area (Å²) in [7, 11) is 0. The van der Waals surface area contributed by atoms with Crippen molar-refractivity contribution in [3.05, 3.63) is 12.7 Å². The molecule has 3 heteroatoms. The maximum Gasteiger partial charge on any atom is 0.0278 e. The average molecular weight is 228 g/mol. The van der Waals surface area contributed by atoms with Gasteiger partial charge >= 0.3 is 0 Å². The number of nitrogens with zero attached hydrogens (tertiary/aromatic N) is 1. The lowest BCUT2D eigenvalue weighted by atomic mass is 9.96. The molecular formula is C12H24N2S. The lowest BCUT2D eigenvalue weighted by molar-refractivity contribution is 0.147. The van der Waals surface area contributed by atoms with E-state index in [-0.39, 0.29) is 0 Å². The first-order valence-corrected chi connectivity index (χ1v) is 7.01. The van der Waals surface area contributed by atoms with E-state index in [1.54, 1.807) is 0 Å². The fourth-order valence-electron chi connectivity index (χ4n) is 1.93. The van der Waals surface area contributed by atoms with Crippen LogP contribution < -0.4 is 5.32 Å². The highest BCUT2D eigenvalue weighted by Crippen LogP contribution is 2.15. The topological polar surface area (TPSA) is 15.3 Å². The summed E-state index contributed by atoms with van der Waals surface area (Å²) in [5, 5.41) is 3.61. The molecule has 88 valence electrons. The van der Waals surface area contributed by atoms with Gasteiger partial charge in [-0.1, -0.05) is 13.0 Å². The number of nitrogens with one attached hydrogen (secondary N) is 1. The maximum atomic E-state index is 3.74. The van der Waals surface area contributed by atoms with E-state index in [0.717, 1.165) is 12.3 Å². The molecule has 0 aliphatic carbocycles. The van der Waals surface area contributed by atoms with Crippen molar-refractivity contribution in [3.63, 3.8) is 0 Å². The minimum Gasteiger partial charge on any atom is -0.309 e. The number of thioether (sulfide) groups is 1. The summed E-state index contributed by atoms with van der Waals surface area (Å²) in [6.45, 7) is 13.1. The van der Waals surface area contributed by atoms with Crippen molar-refractivity contribution in [2.24, 2.45) is 0 Å². The molecule has 1 unspecified atom stereocenters. The van der Waals surface area contributed by atoms with E-state index in [1.807, 2.05) is 17.8 Å². The van der Waals surface area contributed by atoms with Crippen molar-refractivity contribution in [2.75, 3.05) is 37.7 Å². The minimum absolute atomic E-state index is 0.335. The third-order valence-corrected chi connectivity index (χ3v) is 4.06. The first-order valence-electron chi connectivity index (χ1n) is 5.86. The van der Waals surface area contributed by atoms with Crippen molar-refractivity contribution < 1.29 is 0 Å². The third kappa shape index (κ3) is 4.58. The summed E-state index contributed by atoms with van der Waals surface area (Å²) in [6, 6.07) is 0. The zero-order valence-electron chi connectivity index (χ0n) is 10.1. The van der Waals surface area contributed by atoms with Gasteiger partial charge < -0.3 is 5.32 Å². The van der Waals surface area contributed by atoms with E-state index in [9.17, 15) is 0 Å². The van der Waals surface area contributed by atoms with Crippen LogP contribution in [0.4, 0.5) is 0 Å². The average Bonchev–Trinajstić information content (AvgIpc) is 2.25. The Bertz CT molecular complexity index is 196. The van der Waals surface area contributed by atoms with Crippen molar-refractivity contribution in [3.8, 4) is 0 Å². The maximum absolute atomic E-state index is 3.74. The SMILES string of the molecule is C=CCSCCN1CCNC(C)(CC)C1. The molecule has 1 atom stereocenters. The van der Waals surface area contributed by atoms with Crippen LogP contribution in [0.15, 0.2) is 12.7 Å². The molecule has 0 amide bonds. The summed E-state index contributed by atoms with van der Waals surface area (Å²) in [5.41, 5.74) is 0.335. The van der Waals surface area contributed by atoms with Gasteiger partial charge in [-0.3, -0.25) is 4.90 Å². The van der Waals surface area contributed by atoms with Gasteiger partial charge in [-0.2, -0.15) is 11.8 Å². The first kappa shape index (κ1) is 13.1. The summed E-state index contributed by atoms with van der Waals surface area (Å²) in [5.74, 6) is 2.31.